The van der Waals surface area contributed by atoms with Gasteiger partial charge in [-0.05, 0) is 13.8 Å². The highest BCUT2D eigenvalue weighted by atomic mass is 16.5. The van der Waals surface area contributed by atoms with Gasteiger partial charge in [-0.2, -0.15) is 0 Å². The standard InChI is InChI=1S/C12H16O3.C2H6/c1-4-7-10(8-5-2)11(13)9-12(14)15-6-3;1-2/h4-5,7-8H,1,6,9H2,2-3H3;1-2H3/b8-5-,10-7+;. The lowest BCUT2D eigenvalue weighted by Crippen LogP contribution is -2.12. The highest BCUT2D eigenvalue weighted by Gasteiger charge is 2.12. The summed E-state index contributed by atoms with van der Waals surface area (Å²) in [6.07, 6.45) is 6.24. The zero-order valence-electron chi connectivity index (χ0n) is 11.2. The molecule has 0 aromatic heterocycles. The third-order valence-electron chi connectivity index (χ3n) is 1.58. The van der Waals surface area contributed by atoms with E-state index in [2.05, 4.69) is 11.3 Å². The van der Waals surface area contributed by atoms with E-state index in [1.54, 1.807) is 32.1 Å². The molecule has 0 N–H and O–H groups in total. The highest BCUT2D eigenvalue weighted by molar-refractivity contribution is 6.07. The number of hydrogen-bond acceptors (Lipinski definition) is 3. The van der Waals surface area contributed by atoms with Crippen molar-refractivity contribution in [3.05, 3.63) is 36.5 Å². The van der Waals surface area contributed by atoms with Gasteiger partial charge in [-0.3, -0.25) is 9.59 Å². The van der Waals surface area contributed by atoms with Gasteiger partial charge >= 0.3 is 5.97 Å². The number of carbonyl (C=O) groups is 2. The number of hydrogen-bond donors (Lipinski definition) is 0. The van der Waals surface area contributed by atoms with Gasteiger partial charge in [-0.1, -0.05) is 44.7 Å². The Balaban J connectivity index is 0. The molecular weight excluding hydrogens is 216 g/mol. The minimum atomic E-state index is -0.498. The van der Waals surface area contributed by atoms with Crippen molar-refractivity contribution in [2.75, 3.05) is 6.61 Å². The first kappa shape index (κ1) is 17.7. The molecule has 0 bridgehead atoms. The van der Waals surface area contributed by atoms with E-state index in [1.807, 2.05) is 13.8 Å². The third kappa shape index (κ3) is 9.30. The molecule has 0 aromatic carbocycles. The van der Waals surface area contributed by atoms with Crippen molar-refractivity contribution in [1.82, 2.24) is 0 Å². The van der Waals surface area contributed by atoms with Gasteiger partial charge in [0, 0.05) is 5.57 Å². The van der Waals surface area contributed by atoms with Crippen LogP contribution in [0.1, 0.15) is 34.1 Å². The SMILES string of the molecule is C=C/C=C(\C=C/C)C(=O)CC(=O)OCC.CC. The van der Waals surface area contributed by atoms with Crippen molar-refractivity contribution >= 4 is 11.8 Å². The molecule has 96 valence electrons. The summed E-state index contributed by atoms with van der Waals surface area (Å²) in [6.45, 7) is 11.3. The first-order valence-corrected chi connectivity index (χ1v) is 5.79. The number of ether oxygens (including phenoxy) is 1. The first-order chi connectivity index (χ1) is 8.15. The number of rotatable bonds is 6. The highest BCUT2D eigenvalue weighted by Crippen LogP contribution is 2.04. The van der Waals surface area contributed by atoms with Crippen molar-refractivity contribution in [3.8, 4) is 0 Å². The Labute approximate surface area is 104 Å². The summed E-state index contributed by atoms with van der Waals surface area (Å²) < 4.78 is 4.68. The molecule has 0 saturated heterocycles. The fourth-order valence-corrected chi connectivity index (χ4v) is 0.993. The second-order valence-electron chi connectivity index (χ2n) is 2.76. The second-order valence-corrected chi connectivity index (χ2v) is 2.76. The van der Waals surface area contributed by atoms with Crippen LogP contribution in [0, 0.1) is 0 Å². The van der Waals surface area contributed by atoms with Crippen LogP contribution in [0.15, 0.2) is 36.5 Å². The van der Waals surface area contributed by atoms with E-state index in [0.29, 0.717) is 5.57 Å². The van der Waals surface area contributed by atoms with E-state index in [4.69, 9.17) is 0 Å². The summed E-state index contributed by atoms with van der Waals surface area (Å²) in [6, 6.07) is 0. The molecule has 0 saturated carbocycles. The summed E-state index contributed by atoms with van der Waals surface area (Å²) in [5.74, 6) is -0.756. The van der Waals surface area contributed by atoms with Crippen molar-refractivity contribution in [1.29, 1.82) is 0 Å². The van der Waals surface area contributed by atoms with E-state index in [9.17, 15) is 9.59 Å². The van der Waals surface area contributed by atoms with Crippen molar-refractivity contribution in [2.45, 2.75) is 34.1 Å². The van der Waals surface area contributed by atoms with Gasteiger partial charge in [0.05, 0.1) is 6.61 Å². The Morgan fingerprint density at radius 3 is 2.29 bits per heavy atom. The molecule has 17 heavy (non-hydrogen) atoms. The van der Waals surface area contributed by atoms with Crippen LogP contribution in [0.25, 0.3) is 0 Å². The van der Waals surface area contributed by atoms with E-state index >= 15 is 0 Å². The average Bonchev–Trinajstić information content (AvgIpc) is 2.31. The fraction of sp³-hybridized carbons (Fsp3) is 0.429. The maximum atomic E-state index is 11.5. The predicted octanol–water partition coefficient (Wildman–Crippen LogP) is 3.22. The zero-order chi connectivity index (χ0) is 13.7. The van der Waals surface area contributed by atoms with Gasteiger partial charge in [0.15, 0.2) is 5.78 Å². The largest absolute Gasteiger partial charge is 0.466 e. The van der Waals surface area contributed by atoms with E-state index < -0.39 is 5.97 Å². The maximum Gasteiger partial charge on any atom is 0.313 e. The van der Waals surface area contributed by atoms with Crippen molar-refractivity contribution in [2.24, 2.45) is 0 Å². The lowest BCUT2D eigenvalue weighted by molar-refractivity contribution is -0.144. The first-order valence-electron chi connectivity index (χ1n) is 5.79. The normalized spacial score (nSPS) is 10.5. The molecule has 0 radical (unpaired) electrons. The topological polar surface area (TPSA) is 43.4 Å². The summed E-state index contributed by atoms with van der Waals surface area (Å²) in [5.41, 5.74) is 0.459. The molecule has 3 nitrogen and oxygen atoms in total. The second kappa shape index (κ2) is 12.4. The Bertz CT molecular complexity index is 299. The number of carbonyl (C=O) groups excluding carboxylic acids is 2. The maximum absolute atomic E-state index is 11.5. The van der Waals surface area contributed by atoms with Crippen molar-refractivity contribution < 1.29 is 14.3 Å². The number of Topliss-reactive ketones (excluding diaryl/α,β-unsaturated/α-hetero) is 1. The van der Waals surface area contributed by atoms with E-state index in [-0.39, 0.29) is 18.8 Å². The summed E-state index contributed by atoms with van der Waals surface area (Å²) in [7, 11) is 0. The smallest absolute Gasteiger partial charge is 0.313 e. The Kier molecular flexibility index (Phi) is 13.0. The van der Waals surface area contributed by atoms with Gasteiger partial charge in [0.25, 0.3) is 0 Å². The molecule has 0 aromatic rings. The molecule has 0 aliphatic heterocycles. The van der Waals surface area contributed by atoms with Crippen LogP contribution in [0.5, 0.6) is 0 Å². The quantitative estimate of drug-likeness (QED) is 0.309. The minimum Gasteiger partial charge on any atom is -0.466 e. The summed E-state index contributed by atoms with van der Waals surface area (Å²) in [5, 5.41) is 0. The van der Waals surface area contributed by atoms with Crippen LogP contribution < -0.4 is 0 Å². The van der Waals surface area contributed by atoms with Crippen LogP contribution in [-0.4, -0.2) is 18.4 Å². The van der Waals surface area contributed by atoms with Crippen LogP contribution in [-0.2, 0) is 14.3 Å². The zero-order valence-corrected chi connectivity index (χ0v) is 11.2. The molecular formula is C14H22O3. The third-order valence-corrected chi connectivity index (χ3v) is 1.58. The van der Waals surface area contributed by atoms with Crippen molar-refractivity contribution in [3.63, 3.8) is 0 Å². The molecule has 3 heteroatoms. The molecule has 0 heterocycles. The molecule has 0 aliphatic carbocycles. The van der Waals surface area contributed by atoms with Gasteiger partial charge in [-0.15, -0.1) is 0 Å². The van der Waals surface area contributed by atoms with Gasteiger partial charge in [-0.25, -0.2) is 0 Å². The summed E-state index contributed by atoms with van der Waals surface area (Å²) in [4.78, 5) is 22.6. The number of esters is 1. The number of ketones is 1. The Hall–Kier alpha value is -1.64. The lowest BCUT2D eigenvalue weighted by Gasteiger charge is -2.01. The molecule has 0 amide bonds. The lowest BCUT2D eigenvalue weighted by atomic mass is 10.1. The molecule has 0 atom stereocenters. The Morgan fingerprint density at radius 1 is 1.29 bits per heavy atom. The van der Waals surface area contributed by atoms with Crippen LogP contribution in [0.4, 0.5) is 0 Å². The van der Waals surface area contributed by atoms with Crippen LogP contribution in [0.2, 0.25) is 0 Å². The monoisotopic (exact) mass is 238 g/mol. The molecule has 0 rings (SSSR count). The molecule has 0 fully saturated rings. The predicted molar refractivity (Wildman–Crippen MR) is 70.7 cm³/mol. The van der Waals surface area contributed by atoms with Crippen LogP contribution in [0.3, 0.4) is 0 Å². The molecule has 0 unspecified atom stereocenters. The number of allylic oxidation sites excluding steroid dienone is 5. The van der Waals surface area contributed by atoms with E-state index in [1.165, 1.54) is 6.08 Å². The average molecular weight is 238 g/mol. The van der Waals surface area contributed by atoms with Gasteiger partial charge < -0.3 is 4.74 Å². The fourth-order valence-electron chi connectivity index (χ4n) is 0.993. The molecule has 0 spiro atoms. The van der Waals surface area contributed by atoms with Gasteiger partial charge in [0.1, 0.15) is 6.42 Å². The van der Waals surface area contributed by atoms with Crippen LogP contribution >= 0.6 is 0 Å². The molecule has 0 aliphatic rings. The Morgan fingerprint density at radius 2 is 1.88 bits per heavy atom. The minimum absolute atomic E-state index is 0.224. The van der Waals surface area contributed by atoms with Gasteiger partial charge in [0.2, 0.25) is 0 Å². The summed E-state index contributed by atoms with van der Waals surface area (Å²) >= 11 is 0. The van der Waals surface area contributed by atoms with E-state index in [0.717, 1.165) is 0 Å².